The first-order valence-corrected chi connectivity index (χ1v) is 5.26. The molecule has 0 aliphatic rings. The van der Waals surface area contributed by atoms with Crippen LogP contribution in [0.25, 0.3) is 0 Å². The zero-order chi connectivity index (χ0) is 11.4. The van der Waals surface area contributed by atoms with Gasteiger partial charge < -0.3 is 10.5 Å². The van der Waals surface area contributed by atoms with E-state index < -0.39 is 0 Å². The molecule has 0 fully saturated rings. The minimum atomic E-state index is -0.0768. The molecule has 0 saturated carbocycles. The summed E-state index contributed by atoms with van der Waals surface area (Å²) in [6, 6.07) is 17.8. The van der Waals surface area contributed by atoms with E-state index in [9.17, 15) is 0 Å². The third-order valence-electron chi connectivity index (χ3n) is 2.63. The molecule has 2 aromatic carbocycles. The topological polar surface area (TPSA) is 35.2 Å². The van der Waals surface area contributed by atoms with Gasteiger partial charge >= 0.3 is 0 Å². The maximum atomic E-state index is 6.17. The first kappa shape index (κ1) is 10.7. The number of ether oxygens (including phenoxy) is 1. The number of hydrogen-bond acceptors (Lipinski definition) is 2. The monoisotopic (exact) mass is 213 g/mol. The van der Waals surface area contributed by atoms with Crippen LogP contribution in [0.3, 0.4) is 0 Å². The van der Waals surface area contributed by atoms with Gasteiger partial charge in [-0.15, -0.1) is 0 Å². The molecule has 0 bridgehead atoms. The second kappa shape index (κ2) is 4.81. The maximum Gasteiger partial charge on any atom is 0.118 e. The Morgan fingerprint density at radius 2 is 1.44 bits per heavy atom. The van der Waals surface area contributed by atoms with Gasteiger partial charge in [0.05, 0.1) is 13.2 Å². The lowest BCUT2D eigenvalue weighted by Crippen LogP contribution is -2.11. The fourth-order valence-electron chi connectivity index (χ4n) is 1.66. The second-order valence-corrected chi connectivity index (χ2v) is 3.66. The number of benzene rings is 2. The Labute approximate surface area is 95.7 Å². The van der Waals surface area contributed by atoms with Crippen LogP contribution in [0.2, 0.25) is 0 Å². The average molecular weight is 213 g/mol. The van der Waals surface area contributed by atoms with Crippen LogP contribution >= 0.6 is 0 Å². The third-order valence-corrected chi connectivity index (χ3v) is 2.63. The zero-order valence-corrected chi connectivity index (χ0v) is 9.26. The molecule has 0 unspecified atom stereocenters. The molecule has 2 nitrogen and oxygen atoms in total. The van der Waals surface area contributed by atoms with Crippen molar-refractivity contribution in [2.24, 2.45) is 5.73 Å². The summed E-state index contributed by atoms with van der Waals surface area (Å²) in [5, 5.41) is 0. The van der Waals surface area contributed by atoms with Crippen molar-refractivity contribution in [3.8, 4) is 5.75 Å². The van der Waals surface area contributed by atoms with E-state index in [2.05, 4.69) is 0 Å². The fourth-order valence-corrected chi connectivity index (χ4v) is 1.66. The predicted octanol–water partition coefficient (Wildman–Crippen LogP) is 2.74. The molecular formula is C14H15NO. The summed E-state index contributed by atoms with van der Waals surface area (Å²) in [6.07, 6.45) is 0. The summed E-state index contributed by atoms with van der Waals surface area (Å²) in [7, 11) is 1.66. The molecule has 1 atom stereocenters. The van der Waals surface area contributed by atoms with Crippen LogP contribution < -0.4 is 10.5 Å². The van der Waals surface area contributed by atoms with E-state index in [1.807, 2.05) is 54.6 Å². The molecule has 0 aliphatic heterocycles. The fraction of sp³-hybridized carbons (Fsp3) is 0.143. The molecule has 0 radical (unpaired) electrons. The molecular weight excluding hydrogens is 198 g/mol. The Bertz CT molecular complexity index is 436. The lowest BCUT2D eigenvalue weighted by Gasteiger charge is -2.12. The van der Waals surface area contributed by atoms with Crippen molar-refractivity contribution in [2.75, 3.05) is 7.11 Å². The van der Waals surface area contributed by atoms with E-state index in [0.29, 0.717) is 0 Å². The van der Waals surface area contributed by atoms with E-state index >= 15 is 0 Å². The zero-order valence-electron chi connectivity index (χ0n) is 9.26. The number of nitrogens with two attached hydrogens (primary N) is 1. The summed E-state index contributed by atoms with van der Waals surface area (Å²) in [6.45, 7) is 0. The summed E-state index contributed by atoms with van der Waals surface area (Å²) < 4.78 is 5.11. The highest BCUT2D eigenvalue weighted by Crippen LogP contribution is 2.21. The summed E-state index contributed by atoms with van der Waals surface area (Å²) in [5.74, 6) is 0.851. The Morgan fingerprint density at radius 1 is 0.875 bits per heavy atom. The largest absolute Gasteiger partial charge is 0.497 e. The summed E-state index contributed by atoms with van der Waals surface area (Å²) in [5.41, 5.74) is 8.38. The molecule has 0 aliphatic carbocycles. The van der Waals surface area contributed by atoms with Crippen LogP contribution in [0.4, 0.5) is 0 Å². The Hall–Kier alpha value is -1.80. The highest BCUT2D eigenvalue weighted by Gasteiger charge is 2.07. The van der Waals surface area contributed by atoms with Crippen LogP contribution in [-0.4, -0.2) is 7.11 Å². The van der Waals surface area contributed by atoms with Crippen molar-refractivity contribution in [1.29, 1.82) is 0 Å². The molecule has 16 heavy (non-hydrogen) atoms. The van der Waals surface area contributed by atoms with Gasteiger partial charge in [0.1, 0.15) is 5.75 Å². The second-order valence-electron chi connectivity index (χ2n) is 3.66. The van der Waals surface area contributed by atoms with Gasteiger partial charge in [-0.25, -0.2) is 0 Å². The van der Waals surface area contributed by atoms with Gasteiger partial charge in [-0.05, 0) is 23.3 Å². The van der Waals surface area contributed by atoms with E-state index in [1.54, 1.807) is 7.11 Å². The molecule has 0 saturated heterocycles. The Morgan fingerprint density at radius 3 is 2.00 bits per heavy atom. The number of rotatable bonds is 3. The van der Waals surface area contributed by atoms with Gasteiger partial charge in [-0.3, -0.25) is 0 Å². The van der Waals surface area contributed by atoms with Gasteiger partial charge in [0, 0.05) is 0 Å². The van der Waals surface area contributed by atoms with Gasteiger partial charge in [0.15, 0.2) is 0 Å². The first-order chi connectivity index (χ1) is 7.81. The molecule has 2 rings (SSSR count). The minimum Gasteiger partial charge on any atom is -0.497 e. The first-order valence-electron chi connectivity index (χ1n) is 5.26. The number of hydrogen-bond donors (Lipinski definition) is 1. The van der Waals surface area contributed by atoms with Gasteiger partial charge in [0.2, 0.25) is 0 Å². The standard InChI is InChI=1S/C14H15NO/c1-16-13-9-7-12(8-10-13)14(15)11-5-3-2-4-6-11/h2-10,14H,15H2,1H3/t14-/m0/s1. The van der Waals surface area contributed by atoms with Crippen molar-refractivity contribution >= 4 is 0 Å². The molecule has 0 spiro atoms. The number of methoxy groups -OCH3 is 1. The molecule has 2 heteroatoms. The molecule has 82 valence electrons. The highest BCUT2D eigenvalue weighted by atomic mass is 16.5. The molecule has 0 heterocycles. The van der Waals surface area contributed by atoms with E-state index in [1.165, 1.54) is 0 Å². The van der Waals surface area contributed by atoms with Gasteiger partial charge in [0.25, 0.3) is 0 Å². The molecule has 2 aromatic rings. The van der Waals surface area contributed by atoms with Crippen LogP contribution in [0.15, 0.2) is 54.6 Å². The van der Waals surface area contributed by atoms with Gasteiger partial charge in [-0.2, -0.15) is 0 Å². The highest BCUT2D eigenvalue weighted by molar-refractivity contribution is 5.34. The normalized spacial score (nSPS) is 12.1. The molecule has 0 aromatic heterocycles. The quantitative estimate of drug-likeness (QED) is 0.850. The smallest absolute Gasteiger partial charge is 0.118 e. The van der Waals surface area contributed by atoms with Crippen LogP contribution in [0, 0.1) is 0 Å². The van der Waals surface area contributed by atoms with Crippen molar-refractivity contribution in [1.82, 2.24) is 0 Å². The van der Waals surface area contributed by atoms with Crippen LogP contribution in [-0.2, 0) is 0 Å². The maximum absolute atomic E-state index is 6.17. The SMILES string of the molecule is COc1ccc([C@@H](N)c2ccccc2)cc1. The lowest BCUT2D eigenvalue weighted by atomic mass is 10.00. The summed E-state index contributed by atoms with van der Waals surface area (Å²) >= 11 is 0. The Balaban J connectivity index is 2.24. The van der Waals surface area contributed by atoms with E-state index in [4.69, 9.17) is 10.5 Å². The predicted molar refractivity (Wildman–Crippen MR) is 65.5 cm³/mol. The molecule has 2 N–H and O–H groups in total. The minimum absolute atomic E-state index is 0.0768. The summed E-state index contributed by atoms with van der Waals surface area (Å²) in [4.78, 5) is 0. The third kappa shape index (κ3) is 2.23. The molecule has 0 amide bonds. The van der Waals surface area contributed by atoms with Crippen LogP contribution in [0.1, 0.15) is 17.2 Å². The van der Waals surface area contributed by atoms with Gasteiger partial charge in [-0.1, -0.05) is 42.5 Å². The van der Waals surface area contributed by atoms with Crippen molar-refractivity contribution in [2.45, 2.75) is 6.04 Å². The van der Waals surface area contributed by atoms with Crippen molar-refractivity contribution in [3.63, 3.8) is 0 Å². The van der Waals surface area contributed by atoms with E-state index in [-0.39, 0.29) is 6.04 Å². The lowest BCUT2D eigenvalue weighted by molar-refractivity contribution is 0.414. The van der Waals surface area contributed by atoms with Crippen molar-refractivity contribution in [3.05, 3.63) is 65.7 Å². The Kier molecular flexibility index (Phi) is 3.22. The van der Waals surface area contributed by atoms with Crippen molar-refractivity contribution < 1.29 is 4.74 Å². The van der Waals surface area contributed by atoms with E-state index in [0.717, 1.165) is 16.9 Å². The average Bonchev–Trinajstić information content (AvgIpc) is 2.39. The van der Waals surface area contributed by atoms with Crippen LogP contribution in [0.5, 0.6) is 5.75 Å².